The first-order valence-corrected chi connectivity index (χ1v) is 11.3. The molecule has 0 unspecified atom stereocenters. The van der Waals surface area contributed by atoms with Gasteiger partial charge in [0, 0.05) is 18.2 Å². The predicted octanol–water partition coefficient (Wildman–Crippen LogP) is 6.20. The molecule has 0 aliphatic rings. The number of methoxy groups -OCH3 is 2. The normalized spacial score (nSPS) is 10.6. The number of hydrogen-bond acceptors (Lipinski definition) is 7. The van der Waals surface area contributed by atoms with Gasteiger partial charge in [-0.2, -0.15) is 15.0 Å². The number of nitrogens with one attached hydrogen (secondary N) is 2. The highest BCUT2D eigenvalue weighted by molar-refractivity contribution is 6.33. The first-order chi connectivity index (χ1) is 16.6. The van der Waals surface area contributed by atoms with E-state index in [1.54, 1.807) is 14.2 Å². The second-order valence-electron chi connectivity index (χ2n) is 7.57. The number of rotatable bonds is 10. The lowest BCUT2D eigenvalue weighted by Crippen LogP contribution is -2.08. The molecule has 3 aromatic carbocycles. The number of aryl methyl sites for hydroxylation is 2. The van der Waals surface area contributed by atoms with Crippen LogP contribution in [0.2, 0.25) is 5.02 Å². The molecule has 0 amide bonds. The van der Waals surface area contributed by atoms with E-state index < -0.39 is 0 Å². The van der Waals surface area contributed by atoms with Gasteiger partial charge in [0.2, 0.25) is 11.9 Å². The molecule has 8 heteroatoms. The minimum absolute atomic E-state index is 0.421. The monoisotopic (exact) mass is 475 g/mol. The molecule has 7 nitrogen and oxygen atoms in total. The van der Waals surface area contributed by atoms with E-state index in [1.165, 1.54) is 5.56 Å². The molecule has 0 bridgehead atoms. The highest BCUT2D eigenvalue weighted by Gasteiger charge is 2.10. The summed E-state index contributed by atoms with van der Waals surface area (Å²) in [5, 5.41) is 7.05. The third-order valence-electron chi connectivity index (χ3n) is 5.13. The Kier molecular flexibility index (Phi) is 7.78. The Bertz CT molecular complexity index is 1250. The smallest absolute Gasteiger partial charge is 0.232 e. The van der Waals surface area contributed by atoms with Crippen LogP contribution in [0.3, 0.4) is 0 Å². The Morgan fingerprint density at radius 3 is 2.21 bits per heavy atom. The molecule has 0 saturated carbocycles. The average molecular weight is 476 g/mol. The number of hydrogen-bond donors (Lipinski definition) is 2. The fraction of sp³-hybridized carbons (Fsp3) is 0.192. The van der Waals surface area contributed by atoms with Gasteiger partial charge in [-0.1, -0.05) is 41.9 Å². The highest BCUT2D eigenvalue weighted by atomic mass is 35.5. The summed E-state index contributed by atoms with van der Waals surface area (Å²) in [6.45, 7) is 0. The molecule has 34 heavy (non-hydrogen) atoms. The predicted molar refractivity (Wildman–Crippen MR) is 136 cm³/mol. The Morgan fingerprint density at radius 2 is 1.44 bits per heavy atom. The molecule has 0 fully saturated rings. The number of ether oxygens (including phenoxy) is 2. The minimum Gasteiger partial charge on any atom is -0.497 e. The van der Waals surface area contributed by atoms with Crippen LogP contribution in [0.4, 0.5) is 23.3 Å². The van der Waals surface area contributed by atoms with Gasteiger partial charge in [-0.3, -0.25) is 0 Å². The zero-order valence-corrected chi connectivity index (χ0v) is 19.8. The van der Waals surface area contributed by atoms with Crippen molar-refractivity contribution >= 4 is 34.9 Å². The average Bonchev–Trinajstić information content (AvgIpc) is 2.85. The van der Waals surface area contributed by atoms with Crippen LogP contribution in [0.1, 0.15) is 17.8 Å². The zero-order chi connectivity index (χ0) is 23.8. The SMILES string of the molecule is COc1cccc(CCCc2nc(Nc3cccc(OC)c3)nc(Nc3ccccc3Cl)n2)c1. The van der Waals surface area contributed by atoms with E-state index in [1.807, 2.05) is 66.7 Å². The lowest BCUT2D eigenvalue weighted by atomic mass is 10.1. The van der Waals surface area contributed by atoms with Crippen LogP contribution < -0.4 is 20.1 Å². The third-order valence-corrected chi connectivity index (χ3v) is 5.46. The van der Waals surface area contributed by atoms with Gasteiger partial charge in [0.15, 0.2) is 0 Å². The van der Waals surface area contributed by atoms with Crippen molar-refractivity contribution in [1.29, 1.82) is 0 Å². The van der Waals surface area contributed by atoms with Crippen molar-refractivity contribution in [3.63, 3.8) is 0 Å². The molecule has 4 aromatic rings. The molecular formula is C26H26ClN5O2. The first kappa shape index (κ1) is 23.3. The van der Waals surface area contributed by atoms with Crippen LogP contribution in [-0.4, -0.2) is 29.2 Å². The van der Waals surface area contributed by atoms with E-state index in [2.05, 4.69) is 31.7 Å². The van der Waals surface area contributed by atoms with E-state index in [0.29, 0.717) is 29.2 Å². The second kappa shape index (κ2) is 11.3. The van der Waals surface area contributed by atoms with Gasteiger partial charge in [0.1, 0.15) is 17.3 Å². The van der Waals surface area contributed by atoms with E-state index in [9.17, 15) is 0 Å². The van der Waals surface area contributed by atoms with Crippen molar-refractivity contribution in [2.45, 2.75) is 19.3 Å². The van der Waals surface area contributed by atoms with Crippen molar-refractivity contribution in [2.75, 3.05) is 24.9 Å². The van der Waals surface area contributed by atoms with E-state index in [0.717, 1.165) is 35.7 Å². The minimum atomic E-state index is 0.421. The van der Waals surface area contributed by atoms with Crippen LogP contribution in [0.5, 0.6) is 11.5 Å². The molecule has 174 valence electrons. The molecule has 0 radical (unpaired) electrons. The van der Waals surface area contributed by atoms with Crippen LogP contribution in [0.25, 0.3) is 0 Å². The maximum Gasteiger partial charge on any atom is 0.232 e. The quantitative estimate of drug-likeness (QED) is 0.282. The van der Waals surface area contributed by atoms with Crippen molar-refractivity contribution in [2.24, 2.45) is 0 Å². The summed E-state index contributed by atoms with van der Waals surface area (Å²) in [6.07, 6.45) is 2.44. The molecule has 2 N–H and O–H groups in total. The molecule has 1 heterocycles. The van der Waals surface area contributed by atoms with Gasteiger partial charge in [-0.15, -0.1) is 0 Å². The van der Waals surface area contributed by atoms with Crippen LogP contribution in [-0.2, 0) is 12.8 Å². The van der Waals surface area contributed by atoms with E-state index in [-0.39, 0.29) is 0 Å². The summed E-state index contributed by atoms with van der Waals surface area (Å²) in [4.78, 5) is 13.8. The number of halogens is 1. The highest BCUT2D eigenvalue weighted by Crippen LogP contribution is 2.25. The van der Waals surface area contributed by atoms with Crippen molar-refractivity contribution in [1.82, 2.24) is 15.0 Å². The van der Waals surface area contributed by atoms with Gasteiger partial charge in [0.25, 0.3) is 0 Å². The van der Waals surface area contributed by atoms with Gasteiger partial charge in [0.05, 0.1) is 24.9 Å². The van der Waals surface area contributed by atoms with Gasteiger partial charge in [-0.25, -0.2) is 0 Å². The Balaban J connectivity index is 1.54. The topological polar surface area (TPSA) is 81.2 Å². The van der Waals surface area contributed by atoms with Crippen LogP contribution in [0.15, 0.2) is 72.8 Å². The maximum absolute atomic E-state index is 6.32. The van der Waals surface area contributed by atoms with Crippen LogP contribution >= 0.6 is 11.6 Å². The van der Waals surface area contributed by atoms with Gasteiger partial charge in [-0.05, 0) is 54.8 Å². The number of nitrogens with zero attached hydrogens (tertiary/aromatic N) is 3. The second-order valence-corrected chi connectivity index (χ2v) is 7.97. The lowest BCUT2D eigenvalue weighted by Gasteiger charge is -2.12. The molecule has 1 aromatic heterocycles. The number of anilines is 4. The maximum atomic E-state index is 6.32. The number of para-hydroxylation sites is 1. The van der Waals surface area contributed by atoms with Crippen molar-refractivity contribution < 1.29 is 9.47 Å². The summed E-state index contributed by atoms with van der Waals surface area (Å²) < 4.78 is 10.6. The molecular weight excluding hydrogens is 450 g/mol. The van der Waals surface area contributed by atoms with E-state index >= 15 is 0 Å². The Hall–Kier alpha value is -3.84. The van der Waals surface area contributed by atoms with E-state index in [4.69, 9.17) is 21.1 Å². The van der Waals surface area contributed by atoms with Gasteiger partial charge < -0.3 is 20.1 Å². The lowest BCUT2D eigenvalue weighted by molar-refractivity contribution is 0.414. The summed E-state index contributed by atoms with van der Waals surface area (Å²) >= 11 is 6.32. The van der Waals surface area contributed by atoms with Crippen molar-refractivity contribution in [3.05, 3.63) is 89.2 Å². The molecule has 0 spiro atoms. The largest absolute Gasteiger partial charge is 0.497 e. The number of aromatic nitrogens is 3. The molecule has 0 aliphatic heterocycles. The summed E-state index contributed by atoms with van der Waals surface area (Å²) in [5.74, 6) is 3.14. The molecule has 4 rings (SSSR count). The molecule has 0 aliphatic carbocycles. The summed E-state index contributed by atoms with van der Waals surface area (Å²) in [6, 6.07) is 23.2. The Morgan fingerprint density at radius 1 is 0.735 bits per heavy atom. The molecule has 0 saturated heterocycles. The first-order valence-electron chi connectivity index (χ1n) is 10.9. The van der Waals surface area contributed by atoms with Gasteiger partial charge >= 0.3 is 0 Å². The molecule has 0 atom stereocenters. The van der Waals surface area contributed by atoms with Crippen LogP contribution in [0, 0.1) is 0 Å². The standard InChI is InChI=1S/C26H26ClN5O2/c1-33-20-11-5-8-18(16-20)9-6-15-24-30-25(28-19-10-7-12-21(17-19)34-2)32-26(31-24)29-23-14-4-3-13-22(23)27/h3-5,7-8,10-14,16-17H,6,9,15H2,1-2H3,(H2,28,29,30,31,32). The fourth-order valence-electron chi connectivity index (χ4n) is 3.43. The summed E-state index contributed by atoms with van der Waals surface area (Å²) in [7, 11) is 3.31. The third kappa shape index (κ3) is 6.36. The zero-order valence-electron chi connectivity index (χ0n) is 19.1. The fourth-order valence-corrected chi connectivity index (χ4v) is 3.62. The number of benzene rings is 3. The van der Waals surface area contributed by atoms with Crippen molar-refractivity contribution in [3.8, 4) is 11.5 Å². The summed E-state index contributed by atoms with van der Waals surface area (Å²) in [5.41, 5.74) is 2.75. The Labute approximate surface area is 204 Å².